The molecule has 0 radical (unpaired) electrons. The first-order valence-corrected chi connectivity index (χ1v) is 11.0. The normalized spacial score (nSPS) is 14.3. The van der Waals surface area contributed by atoms with Crippen LogP contribution in [0.1, 0.15) is 18.4 Å². The molecular formula is C21H18Cl2N4OS. The number of anilines is 2. The number of rotatable bonds is 4. The van der Waals surface area contributed by atoms with Crippen LogP contribution in [0.15, 0.2) is 62.4 Å². The van der Waals surface area contributed by atoms with Gasteiger partial charge in [0, 0.05) is 44.9 Å². The molecule has 0 atom stereocenters. The minimum Gasteiger partial charge on any atom is -0.324 e. The largest absolute Gasteiger partial charge is 0.324 e. The van der Waals surface area contributed by atoms with Crippen LogP contribution in [0.4, 0.5) is 11.6 Å². The Labute approximate surface area is 182 Å². The van der Waals surface area contributed by atoms with Crippen molar-refractivity contribution in [2.75, 3.05) is 11.6 Å². The maximum atomic E-state index is 13.0. The average molecular weight is 445 g/mol. The lowest BCUT2D eigenvalue weighted by Gasteiger charge is -2.16. The highest BCUT2D eigenvalue weighted by atomic mass is 35.5. The number of pyridine rings is 1. The van der Waals surface area contributed by atoms with Gasteiger partial charge in [0.1, 0.15) is 5.65 Å². The predicted octanol–water partition coefficient (Wildman–Crippen LogP) is 5.66. The Bertz CT molecular complexity index is 1230. The number of nitrogens with one attached hydrogen (secondary N) is 1. The molecule has 0 saturated carbocycles. The van der Waals surface area contributed by atoms with E-state index in [1.54, 1.807) is 31.1 Å². The van der Waals surface area contributed by atoms with Crippen molar-refractivity contribution in [3.63, 3.8) is 0 Å². The van der Waals surface area contributed by atoms with Crippen molar-refractivity contribution in [1.29, 1.82) is 0 Å². The number of nitrogens with zero attached hydrogens (tertiary/aromatic N) is 3. The van der Waals surface area contributed by atoms with Gasteiger partial charge in [-0.25, -0.2) is 4.98 Å². The molecule has 5 nitrogen and oxygen atoms in total. The van der Waals surface area contributed by atoms with Crippen molar-refractivity contribution in [3.8, 4) is 0 Å². The third kappa shape index (κ3) is 3.92. The Morgan fingerprint density at radius 3 is 2.83 bits per heavy atom. The minimum atomic E-state index is -0.201. The van der Waals surface area contributed by atoms with Gasteiger partial charge >= 0.3 is 0 Å². The van der Waals surface area contributed by atoms with Crippen molar-refractivity contribution < 1.29 is 0 Å². The highest BCUT2D eigenvalue weighted by molar-refractivity contribution is 7.98. The first kappa shape index (κ1) is 20.0. The Kier molecular flexibility index (Phi) is 5.67. The summed E-state index contributed by atoms with van der Waals surface area (Å²) in [6.07, 6.45) is 7.04. The van der Waals surface area contributed by atoms with Crippen molar-refractivity contribution in [2.45, 2.75) is 17.7 Å². The number of hydrogen-bond acceptors (Lipinski definition) is 5. The van der Waals surface area contributed by atoms with Gasteiger partial charge in [0.15, 0.2) is 0 Å². The van der Waals surface area contributed by atoms with Crippen molar-refractivity contribution in [2.24, 2.45) is 7.05 Å². The SMILES string of the molecule is CSc1cccc(Nc2ncc3cc(C4=C(Cl)CCC=C4Cl)c(=O)n(C)c3n2)c1. The molecule has 2 heterocycles. The Morgan fingerprint density at radius 1 is 1.24 bits per heavy atom. The summed E-state index contributed by atoms with van der Waals surface area (Å²) in [5.41, 5.74) is 2.27. The van der Waals surface area contributed by atoms with Crippen molar-refractivity contribution in [1.82, 2.24) is 14.5 Å². The first-order valence-electron chi connectivity index (χ1n) is 9.01. The van der Waals surface area contributed by atoms with Gasteiger partial charge in [0.25, 0.3) is 5.56 Å². The van der Waals surface area contributed by atoms with Gasteiger partial charge in [-0.2, -0.15) is 4.98 Å². The van der Waals surface area contributed by atoms with Crippen LogP contribution in [-0.2, 0) is 7.05 Å². The Hall–Kier alpha value is -2.28. The highest BCUT2D eigenvalue weighted by Crippen LogP contribution is 2.36. The maximum Gasteiger partial charge on any atom is 0.259 e. The molecule has 1 aliphatic carbocycles. The van der Waals surface area contributed by atoms with E-state index in [4.69, 9.17) is 23.2 Å². The number of halogens is 2. The number of benzene rings is 1. The number of aromatic nitrogens is 3. The lowest BCUT2D eigenvalue weighted by molar-refractivity contribution is 0.879. The molecule has 1 aromatic carbocycles. The molecule has 148 valence electrons. The zero-order valence-electron chi connectivity index (χ0n) is 15.9. The van der Waals surface area contributed by atoms with Gasteiger partial charge in [-0.1, -0.05) is 35.3 Å². The van der Waals surface area contributed by atoms with Crippen LogP contribution in [-0.4, -0.2) is 20.8 Å². The van der Waals surface area contributed by atoms with Crippen LogP contribution in [0.3, 0.4) is 0 Å². The summed E-state index contributed by atoms with van der Waals surface area (Å²) in [5.74, 6) is 0.423. The van der Waals surface area contributed by atoms with Crippen molar-refractivity contribution in [3.05, 3.63) is 68.6 Å². The van der Waals surface area contributed by atoms with E-state index in [9.17, 15) is 4.79 Å². The van der Waals surface area contributed by atoms with Gasteiger partial charge in [-0.15, -0.1) is 11.8 Å². The monoisotopic (exact) mass is 444 g/mol. The summed E-state index contributed by atoms with van der Waals surface area (Å²) < 4.78 is 1.51. The zero-order chi connectivity index (χ0) is 20.5. The fraction of sp³-hybridized carbons (Fsp3) is 0.190. The van der Waals surface area contributed by atoms with E-state index >= 15 is 0 Å². The number of thioether (sulfide) groups is 1. The number of aryl methyl sites for hydroxylation is 1. The van der Waals surface area contributed by atoms with Crippen LogP contribution >= 0.6 is 35.0 Å². The molecule has 29 heavy (non-hydrogen) atoms. The third-order valence-corrected chi connectivity index (χ3v) is 6.19. The second kappa shape index (κ2) is 8.22. The van der Waals surface area contributed by atoms with Gasteiger partial charge in [-0.05, 0) is 43.4 Å². The van der Waals surface area contributed by atoms with E-state index in [0.717, 1.165) is 22.4 Å². The lowest BCUT2D eigenvalue weighted by Crippen LogP contribution is -2.22. The molecule has 0 amide bonds. The van der Waals surface area contributed by atoms with E-state index in [0.29, 0.717) is 39.2 Å². The van der Waals surface area contributed by atoms with Crippen LogP contribution in [0, 0.1) is 0 Å². The van der Waals surface area contributed by atoms with Crippen molar-refractivity contribution >= 4 is 63.2 Å². The Morgan fingerprint density at radius 2 is 2.07 bits per heavy atom. The summed E-state index contributed by atoms with van der Waals surface area (Å²) in [6.45, 7) is 0. The minimum absolute atomic E-state index is 0.201. The van der Waals surface area contributed by atoms with Crippen LogP contribution in [0.5, 0.6) is 0 Å². The van der Waals surface area contributed by atoms with E-state index in [1.165, 1.54) is 4.57 Å². The lowest BCUT2D eigenvalue weighted by atomic mass is 9.99. The summed E-state index contributed by atoms with van der Waals surface area (Å²) in [7, 11) is 1.69. The second-order valence-electron chi connectivity index (χ2n) is 6.62. The number of hydrogen-bond donors (Lipinski definition) is 1. The topological polar surface area (TPSA) is 59.8 Å². The highest BCUT2D eigenvalue weighted by Gasteiger charge is 2.20. The van der Waals surface area contributed by atoms with Crippen LogP contribution < -0.4 is 10.9 Å². The molecule has 0 aliphatic heterocycles. The average Bonchev–Trinajstić information content (AvgIpc) is 2.72. The molecule has 1 aliphatic rings. The molecule has 2 aromatic heterocycles. The molecule has 0 saturated heterocycles. The number of fused-ring (bicyclic) bond motifs is 1. The maximum absolute atomic E-state index is 13.0. The molecule has 0 bridgehead atoms. The molecule has 0 spiro atoms. The fourth-order valence-corrected chi connectivity index (χ4v) is 4.42. The Balaban J connectivity index is 1.78. The van der Waals surface area contributed by atoms with E-state index in [1.807, 2.05) is 36.6 Å². The summed E-state index contributed by atoms with van der Waals surface area (Å²) >= 11 is 14.4. The van der Waals surface area contributed by atoms with E-state index in [-0.39, 0.29) is 5.56 Å². The molecule has 8 heteroatoms. The fourth-order valence-electron chi connectivity index (χ4n) is 3.27. The van der Waals surface area contributed by atoms with Crippen LogP contribution in [0.2, 0.25) is 0 Å². The molecule has 0 fully saturated rings. The van der Waals surface area contributed by atoms with Gasteiger partial charge in [-0.3, -0.25) is 9.36 Å². The second-order valence-corrected chi connectivity index (χ2v) is 8.37. The molecule has 0 unspecified atom stereocenters. The zero-order valence-corrected chi connectivity index (χ0v) is 18.2. The van der Waals surface area contributed by atoms with E-state index in [2.05, 4.69) is 15.3 Å². The first-order chi connectivity index (χ1) is 14.0. The third-order valence-electron chi connectivity index (χ3n) is 4.74. The van der Waals surface area contributed by atoms with Gasteiger partial charge < -0.3 is 5.32 Å². The van der Waals surface area contributed by atoms with Crippen LogP contribution in [0.25, 0.3) is 16.6 Å². The van der Waals surface area contributed by atoms with Gasteiger partial charge in [0.2, 0.25) is 5.95 Å². The summed E-state index contributed by atoms with van der Waals surface area (Å²) in [5, 5.41) is 5.04. The summed E-state index contributed by atoms with van der Waals surface area (Å²) in [4.78, 5) is 23.1. The van der Waals surface area contributed by atoms with Gasteiger partial charge in [0.05, 0.1) is 5.56 Å². The quantitative estimate of drug-likeness (QED) is 0.525. The molecule has 1 N–H and O–H groups in total. The number of allylic oxidation sites excluding steroid dienone is 4. The predicted molar refractivity (Wildman–Crippen MR) is 122 cm³/mol. The standard InChI is InChI=1S/C21H18Cl2N4OS/c1-27-19-12(9-15(20(27)28)18-16(22)7-4-8-17(18)23)11-24-21(26-19)25-13-5-3-6-14(10-13)29-2/h3,5-7,9-11H,4,8H2,1-2H3,(H,24,25,26). The molecule has 3 aromatic rings. The van der Waals surface area contributed by atoms with E-state index < -0.39 is 0 Å². The smallest absolute Gasteiger partial charge is 0.259 e. The molecular weight excluding hydrogens is 427 g/mol. The molecule has 4 rings (SSSR count). The summed E-state index contributed by atoms with van der Waals surface area (Å²) in [6, 6.07) is 9.73.